The lowest BCUT2D eigenvalue weighted by Gasteiger charge is -2.14. The lowest BCUT2D eigenvalue weighted by atomic mass is 10.0. The maximum absolute atomic E-state index is 6.23. The second-order valence-electron chi connectivity index (χ2n) is 4.78. The van der Waals surface area contributed by atoms with Gasteiger partial charge in [-0.25, -0.2) is 4.98 Å². The summed E-state index contributed by atoms with van der Waals surface area (Å²) in [5.74, 6) is 1.35. The third-order valence-corrected chi connectivity index (χ3v) is 3.34. The number of nitrogens with zero attached hydrogens (tertiary/aromatic N) is 2. The number of halogens is 2. The Morgan fingerprint density at radius 1 is 1.15 bits per heavy atom. The fourth-order valence-electron chi connectivity index (χ4n) is 1.80. The van der Waals surface area contributed by atoms with Crippen LogP contribution in [0.25, 0.3) is 0 Å². The maximum Gasteiger partial charge on any atom is 0.225 e. The number of anilines is 1. The summed E-state index contributed by atoms with van der Waals surface area (Å²) < 4.78 is 5.74. The van der Waals surface area contributed by atoms with Gasteiger partial charge in [-0.15, -0.1) is 0 Å². The molecule has 0 saturated heterocycles. The average Bonchev–Trinajstić information content (AvgIpc) is 2.30. The number of hydrogen-bond acceptors (Lipinski definition) is 4. The minimum absolute atomic E-state index is 0.0724. The molecule has 106 valence electrons. The molecule has 2 rings (SSSR count). The number of ether oxygens (including phenoxy) is 1. The van der Waals surface area contributed by atoms with Crippen LogP contribution in [0.4, 0.5) is 5.95 Å². The first-order chi connectivity index (χ1) is 9.36. The van der Waals surface area contributed by atoms with Crippen molar-refractivity contribution in [3.05, 3.63) is 39.5 Å². The van der Waals surface area contributed by atoms with Crippen molar-refractivity contribution in [3.63, 3.8) is 0 Å². The molecule has 0 aliphatic carbocycles. The summed E-state index contributed by atoms with van der Waals surface area (Å²) in [5.41, 5.74) is 7.47. The Labute approximate surface area is 127 Å². The van der Waals surface area contributed by atoms with Gasteiger partial charge in [-0.2, -0.15) is 4.98 Å². The van der Waals surface area contributed by atoms with Gasteiger partial charge < -0.3 is 10.5 Å². The first-order valence-electron chi connectivity index (χ1n) is 6.14. The highest BCUT2D eigenvalue weighted by Gasteiger charge is 2.12. The highest BCUT2D eigenvalue weighted by Crippen LogP contribution is 2.33. The Bertz CT molecular complexity index is 624. The van der Waals surface area contributed by atoms with Gasteiger partial charge in [0, 0.05) is 11.1 Å². The topological polar surface area (TPSA) is 61.0 Å². The molecule has 0 amide bonds. The molecule has 1 aromatic heterocycles. The predicted molar refractivity (Wildman–Crippen MR) is 81.8 cm³/mol. The van der Waals surface area contributed by atoms with E-state index in [2.05, 4.69) is 23.8 Å². The number of aromatic nitrogens is 2. The van der Waals surface area contributed by atoms with Gasteiger partial charge in [0.2, 0.25) is 11.8 Å². The second kappa shape index (κ2) is 5.85. The molecule has 0 atom stereocenters. The summed E-state index contributed by atoms with van der Waals surface area (Å²) in [5, 5.41) is 0.966. The largest absolute Gasteiger partial charge is 0.439 e. The number of hydrogen-bond donors (Lipinski definition) is 1. The summed E-state index contributed by atoms with van der Waals surface area (Å²) in [7, 11) is 0. The normalized spacial score (nSPS) is 10.9. The van der Waals surface area contributed by atoms with Gasteiger partial charge in [0.05, 0.1) is 0 Å². The van der Waals surface area contributed by atoms with Crippen LogP contribution in [-0.2, 0) is 0 Å². The Morgan fingerprint density at radius 2 is 1.85 bits per heavy atom. The molecular weight excluding hydrogens is 297 g/mol. The SMILES string of the molecule is Cc1cc(Cl)c(C(C)C)cc1Oc1cc(Cl)nc(N)n1. The Hall–Kier alpha value is -1.52. The summed E-state index contributed by atoms with van der Waals surface area (Å²) in [6, 6.07) is 5.30. The van der Waals surface area contributed by atoms with Crippen molar-refractivity contribution < 1.29 is 4.74 Å². The molecule has 0 bridgehead atoms. The Balaban J connectivity index is 2.40. The van der Waals surface area contributed by atoms with Gasteiger partial charge >= 0.3 is 0 Å². The Morgan fingerprint density at radius 3 is 2.45 bits per heavy atom. The van der Waals surface area contributed by atoms with E-state index >= 15 is 0 Å². The van der Waals surface area contributed by atoms with Gasteiger partial charge in [0.1, 0.15) is 10.9 Å². The fraction of sp³-hybridized carbons (Fsp3) is 0.286. The van der Waals surface area contributed by atoms with E-state index in [0.717, 1.165) is 16.1 Å². The van der Waals surface area contributed by atoms with Gasteiger partial charge in [-0.3, -0.25) is 0 Å². The molecular formula is C14H15Cl2N3O. The lowest BCUT2D eigenvalue weighted by Crippen LogP contribution is -1.99. The molecule has 2 N–H and O–H groups in total. The third kappa shape index (κ3) is 3.32. The van der Waals surface area contributed by atoms with Crippen molar-refractivity contribution in [2.45, 2.75) is 26.7 Å². The zero-order chi connectivity index (χ0) is 14.9. The highest BCUT2D eigenvalue weighted by molar-refractivity contribution is 6.31. The molecule has 6 heteroatoms. The van der Waals surface area contributed by atoms with Crippen LogP contribution in [0.5, 0.6) is 11.6 Å². The highest BCUT2D eigenvalue weighted by atomic mass is 35.5. The van der Waals surface area contributed by atoms with E-state index in [-0.39, 0.29) is 11.1 Å². The van der Waals surface area contributed by atoms with Crippen LogP contribution < -0.4 is 10.5 Å². The molecule has 0 radical (unpaired) electrons. The second-order valence-corrected chi connectivity index (χ2v) is 5.58. The van der Waals surface area contributed by atoms with Crippen molar-refractivity contribution in [1.29, 1.82) is 0 Å². The molecule has 0 fully saturated rings. The van der Waals surface area contributed by atoms with E-state index in [1.165, 1.54) is 6.07 Å². The molecule has 0 unspecified atom stereocenters. The first kappa shape index (κ1) is 14.9. The molecule has 20 heavy (non-hydrogen) atoms. The number of aryl methyl sites for hydroxylation is 1. The maximum atomic E-state index is 6.23. The van der Waals surface area contributed by atoms with E-state index in [1.54, 1.807) is 0 Å². The van der Waals surface area contributed by atoms with Crippen LogP contribution >= 0.6 is 23.2 Å². The molecule has 0 aliphatic rings. The summed E-state index contributed by atoms with van der Waals surface area (Å²) >= 11 is 12.1. The van der Waals surface area contributed by atoms with Crippen molar-refractivity contribution >= 4 is 29.2 Å². The average molecular weight is 312 g/mol. The zero-order valence-electron chi connectivity index (χ0n) is 11.4. The fourth-order valence-corrected chi connectivity index (χ4v) is 2.42. The van der Waals surface area contributed by atoms with Crippen molar-refractivity contribution in [2.75, 3.05) is 5.73 Å². The zero-order valence-corrected chi connectivity index (χ0v) is 13.0. The smallest absolute Gasteiger partial charge is 0.225 e. The first-order valence-corrected chi connectivity index (χ1v) is 6.90. The summed E-state index contributed by atoms with van der Waals surface area (Å²) in [6.45, 7) is 6.05. The van der Waals surface area contributed by atoms with E-state index in [0.29, 0.717) is 17.5 Å². The summed E-state index contributed by atoms with van der Waals surface area (Å²) in [6.07, 6.45) is 0. The van der Waals surface area contributed by atoms with Gasteiger partial charge in [-0.05, 0) is 36.1 Å². The van der Waals surface area contributed by atoms with E-state index in [4.69, 9.17) is 33.7 Å². The standard InChI is InChI=1S/C14H15Cl2N3O/c1-7(2)9-5-11(8(3)4-10(9)15)20-13-6-12(16)18-14(17)19-13/h4-7H,1-3H3,(H2,17,18,19). The molecule has 0 saturated carbocycles. The van der Waals surface area contributed by atoms with E-state index in [1.807, 2.05) is 19.1 Å². The van der Waals surface area contributed by atoms with E-state index in [9.17, 15) is 0 Å². The molecule has 1 aromatic carbocycles. The van der Waals surface area contributed by atoms with Gasteiger partial charge in [0.25, 0.3) is 0 Å². The number of nitrogen functional groups attached to an aromatic ring is 1. The monoisotopic (exact) mass is 311 g/mol. The third-order valence-electron chi connectivity index (χ3n) is 2.82. The van der Waals surface area contributed by atoms with Crippen LogP contribution in [0.1, 0.15) is 30.9 Å². The minimum Gasteiger partial charge on any atom is -0.439 e. The van der Waals surface area contributed by atoms with Gasteiger partial charge in [0.15, 0.2) is 0 Å². The summed E-state index contributed by atoms with van der Waals surface area (Å²) in [4.78, 5) is 7.78. The quantitative estimate of drug-likeness (QED) is 0.842. The van der Waals surface area contributed by atoms with Crippen molar-refractivity contribution in [1.82, 2.24) is 9.97 Å². The van der Waals surface area contributed by atoms with Crippen molar-refractivity contribution in [2.24, 2.45) is 0 Å². The number of benzene rings is 1. The van der Waals surface area contributed by atoms with Gasteiger partial charge in [-0.1, -0.05) is 37.0 Å². The van der Waals surface area contributed by atoms with E-state index < -0.39 is 0 Å². The molecule has 0 aliphatic heterocycles. The number of nitrogens with two attached hydrogens (primary N) is 1. The van der Waals surface area contributed by atoms with Crippen LogP contribution in [0.15, 0.2) is 18.2 Å². The van der Waals surface area contributed by atoms with Crippen LogP contribution in [0.3, 0.4) is 0 Å². The lowest BCUT2D eigenvalue weighted by molar-refractivity contribution is 0.458. The number of rotatable bonds is 3. The molecule has 0 spiro atoms. The van der Waals surface area contributed by atoms with Crippen LogP contribution in [-0.4, -0.2) is 9.97 Å². The molecule has 2 aromatic rings. The molecule has 1 heterocycles. The Kier molecular flexibility index (Phi) is 4.35. The molecule has 4 nitrogen and oxygen atoms in total. The predicted octanol–water partition coefficient (Wildman–Crippen LogP) is 4.59. The van der Waals surface area contributed by atoms with Crippen LogP contribution in [0.2, 0.25) is 10.2 Å². The minimum atomic E-state index is 0.0724. The van der Waals surface area contributed by atoms with Crippen LogP contribution in [0, 0.1) is 6.92 Å². The van der Waals surface area contributed by atoms with Crippen molar-refractivity contribution in [3.8, 4) is 11.6 Å².